The van der Waals surface area contributed by atoms with Crippen LogP contribution >= 0.6 is 0 Å². The predicted molar refractivity (Wildman–Crippen MR) is 89.7 cm³/mol. The monoisotopic (exact) mass is 334 g/mol. The van der Waals surface area contributed by atoms with Gasteiger partial charge in [-0.1, -0.05) is 13.3 Å². The van der Waals surface area contributed by atoms with Crippen LogP contribution in [-0.4, -0.2) is 59.5 Å². The van der Waals surface area contributed by atoms with Crippen LogP contribution in [0, 0.1) is 0 Å². The molecule has 0 saturated carbocycles. The van der Waals surface area contributed by atoms with Crippen molar-refractivity contribution in [2.24, 2.45) is 4.99 Å². The highest BCUT2D eigenvalue weighted by atomic mass is 32.2. The molecule has 0 aromatic carbocycles. The molecule has 1 unspecified atom stereocenters. The molecule has 7 nitrogen and oxygen atoms in total. The van der Waals surface area contributed by atoms with Crippen LogP contribution in [0.5, 0.6) is 0 Å². The molecular formula is C14H30N4O3S. The van der Waals surface area contributed by atoms with Crippen LogP contribution in [0.25, 0.3) is 0 Å². The number of guanidine groups is 1. The first kappa shape index (κ1) is 19.2. The van der Waals surface area contributed by atoms with E-state index in [4.69, 9.17) is 4.74 Å². The summed E-state index contributed by atoms with van der Waals surface area (Å²) >= 11 is 0. The molecule has 0 spiro atoms. The summed E-state index contributed by atoms with van der Waals surface area (Å²) in [7, 11) is -1.61. The van der Waals surface area contributed by atoms with Gasteiger partial charge in [0, 0.05) is 33.3 Å². The minimum atomic E-state index is -3.29. The molecule has 0 radical (unpaired) electrons. The van der Waals surface area contributed by atoms with E-state index in [2.05, 4.69) is 27.3 Å². The Balaban J connectivity index is 2.20. The number of ether oxygens (including phenoxy) is 1. The van der Waals surface area contributed by atoms with Crippen LogP contribution < -0.4 is 15.4 Å². The summed E-state index contributed by atoms with van der Waals surface area (Å²) in [5, 5.41) is 6.15. The number of nitrogens with one attached hydrogen (secondary N) is 3. The van der Waals surface area contributed by atoms with Crippen LogP contribution in [0.15, 0.2) is 4.99 Å². The molecule has 8 heteroatoms. The molecule has 1 fully saturated rings. The molecule has 1 heterocycles. The number of hydrogen-bond acceptors (Lipinski definition) is 4. The molecule has 0 aliphatic carbocycles. The predicted octanol–water partition coefficient (Wildman–Crippen LogP) is 0.440. The maximum atomic E-state index is 11.9. The standard InChI is InChI=1S/C14H30N4O3S/c1-3-4-8-16-14(15-2)17-9-11-22(19,20)18-12-13-7-5-6-10-21-13/h13,18H,3-12H2,1-2H3,(H2,15,16,17). The van der Waals surface area contributed by atoms with E-state index in [0.717, 1.165) is 45.3 Å². The molecule has 0 bridgehead atoms. The second-order valence-electron chi connectivity index (χ2n) is 5.44. The van der Waals surface area contributed by atoms with Crippen LogP contribution in [0.2, 0.25) is 0 Å². The Hall–Kier alpha value is -0.860. The Kier molecular flexibility index (Phi) is 9.42. The van der Waals surface area contributed by atoms with Gasteiger partial charge in [0.2, 0.25) is 10.0 Å². The fraction of sp³-hybridized carbons (Fsp3) is 0.929. The van der Waals surface area contributed by atoms with Crippen LogP contribution in [0.1, 0.15) is 39.0 Å². The lowest BCUT2D eigenvalue weighted by Gasteiger charge is -2.22. The third-order valence-corrected chi connectivity index (χ3v) is 4.86. The highest BCUT2D eigenvalue weighted by molar-refractivity contribution is 7.89. The Morgan fingerprint density at radius 2 is 2.05 bits per heavy atom. The fourth-order valence-corrected chi connectivity index (χ4v) is 3.12. The second kappa shape index (κ2) is 10.8. The van der Waals surface area contributed by atoms with E-state index in [0.29, 0.717) is 19.0 Å². The molecule has 1 atom stereocenters. The highest BCUT2D eigenvalue weighted by Crippen LogP contribution is 2.11. The molecular weight excluding hydrogens is 304 g/mol. The lowest BCUT2D eigenvalue weighted by atomic mass is 10.1. The molecule has 1 aliphatic heterocycles. The minimum Gasteiger partial charge on any atom is -0.377 e. The summed E-state index contributed by atoms with van der Waals surface area (Å²) in [6.07, 6.45) is 5.27. The van der Waals surface area contributed by atoms with Gasteiger partial charge in [0.05, 0.1) is 11.9 Å². The quantitative estimate of drug-likeness (QED) is 0.323. The number of rotatable bonds is 9. The Labute approximate surface area is 134 Å². The summed E-state index contributed by atoms with van der Waals surface area (Å²) in [4.78, 5) is 4.06. The van der Waals surface area contributed by atoms with Crippen molar-refractivity contribution in [1.82, 2.24) is 15.4 Å². The van der Waals surface area contributed by atoms with Crippen molar-refractivity contribution >= 4 is 16.0 Å². The zero-order valence-electron chi connectivity index (χ0n) is 13.7. The van der Waals surface area contributed by atoms with E-state index in [1.54, 1.807) is 7.05 Å². The van der Waals surface area contributed by atoms with Gasteiger partial charge in [-0.2, -0.15) is 0 Å². The van der Waals surface area contributed by atoms with Crippen LogP contribution in [-0.2, 0) is 14.8 Å². The first-order valence-corrected chi connectivity index (χ1v) is 9.76. The van der Waals surface area contributed by atoms with Gasteiger partial charge in [-0.25, -0.2) is 13.1 Å². The maximum absolute atomic E-state index is 11.9. The Morgan fingerprint density at radius 1 is 1.27 bits per heavy atom. The lowest BCUT2D eigenvalue weighted by Crippen LogP contribution is -2.42. The molecule has 1 aliphatic rings. The van der Waals surface area contributed by atoms with E-state index in [1.807, 2.05) is 0 Å². The average molecular weight is 334 g/mol. The number of hydrogen-bond donors (Lipinski definition) is 3. The number of aliphatic imine (C=N–C) groups is 1. The summed E-state index contributed by atoms with van der Waals surface area (Å²) in [5.74, 6) is 0.660. The van der Waals surface area contributed by atoms with Gasteiger partial charge in [0.25, 0.3) is 0 Å². The highest BCUT2D eigenvalue weighted by Gasteiger charge is 2.17. The van der Waals surface area contributed by atoms with Crippen molar-refractivity contribution in [3.05, 3.63) is 0 Å². The summed E-state index contributed by atoms with van der Waals surface area (Å²) in [6.45, 7) is 4.37. The van der Waals surface area contributed by atoms with Gasteiger partial charge in [-0.05, 0) is 25.7 Å². The smallest absolute Gasteiger partial charge is 0.213 e. The van der Waals surface area contributed by atoms with Gasteiger partial charge in [0.15, 0.2) is 5.96 Å². The van der Waals surface area contributed by atoms with Crippen molar-refractivity contribution in [2.45, 2.75) is 45.1 Å². The molecule has 0 amide bonds. The fourth-order valence-electron chi connectivity index (χ4n) is 2.17. The molecule has 0 aromatic heterocycles. The Bertz CT molecular complexity index is 420. The first-order valence-electron chi connectivity index (χ1n) is 8.11. The third-order valence-electron chi connectivity index (χ3n) is 3.51. The summed E-state index contributed by atoms with van der Waals surface area (Å²) < 4.78 is 32.0. The molecule has 3 N–H and O–H groups in total. The third kappa shape index (κ3) is 8.55. The van der Waals surface area contributed by atoms with Crippen LogP contribution in [0.3, 0.4) is 0 Å². The van der Waals surface area contributed by atoms with E-state index in [1.165, 1.54) is 0 Å². The lowest BCUT2D eigenvalue weighted by molar-refractivity contribution is 0.0200. The van der Waals surface area contributed by atoms with E-state index in [9.17, 15) is 8.42 Å². The van der Waals surface area contributed by atoms with Gasteiger partial charge < -0.3 is 15.4 Å². The molecule has 22 heavy (non-hydrogen) atoms. The number of nitrogens with zero attached hydrogens (tertiary/aromatic N) is 1. The maximum Gasteiger partial charge on any atom is 0.213 e. The normalized spacial score (nSPS) is 19.9. The van der Waals surface area contributed by atoms with Crippen molar-refractivity contribution in [3.8, 4) is 0 Å². The van der Waals surface area contributed by atoms with Crippen molar-refractivity contribution < 1.29 is 13.2 Å². The largest absolute Gasteiger partial charge is 0.377 e. The van der Waals surface area contributed by atoms with Crippen molar-refractivity contribution in [1.29, 1.82) is 0 Å². The van der Waals surface area contributed by atoms with Crippen molar-refractivity contribution in [2.75, 3.05) is 39.0 Å². The zero-order valence-corrected chi connectivity index (χ0v) is 14.5. The summed E-state index contributed by atoms with van der Waals surface area (Å²) in [5.41, 5.74) is 0. The SMILES string of the molecule is CCCCNC(=NC)NCCS(=O)(=O)NCC1CCCCO1. The van der Waals surface area contributed by atoms with Gasteiger partial charge in [-0.15, -0.1) is 0 Å². The zero-order chi connectivity index (χ0) is 16.3. The minimum absolute atomic E-state index is 0.0139. The van der Waals surface area contributed by atoms with Crippen LogP contribution in [0.4, 0.5) is 0 Å². The molecule has 1 rings (SSSR count). The van der Waals surface area contributed by atoms with Gasteiger partial charge >= 0.3 is 0 Å². The topological polar surface area (TPSA) is 91.8 Å². The van der Waals surface area contributed by atoms with Gasteiger partial charge in [0.1, 0.15) is 0 Å². The first-order chi connectivity index (χ1) is 10.6. The molecule has 130 valence electrons. The second-order valence-corrected chi connectivity index (χ2v) is 7.36. The number of sulfonamides is 1. The molecule has 0 aromatic rings. The molecule has 1 saturated heterocycles. The average Bonchev–Trinajstić information content (AvgIpc) is 2.52. The van der Waals surface area contributed by atoms with E-state index >= 15 is 0 Å². The van der Waals surface area contributed by atoms with Crippen molar-refractivity contribution in [3.63, 3.8) is 0 Å². The van der Waals surface area contributed by atoms with E-state index in [-0.39, 0.29) is 11.9 Å². The Morgan fingerprint density at radius 3 is 2.68 bits per heavy atom. The van der Waals surface area contributed by atoms with Gasteiger partial charge in [-0.3, -0.25) is 4.99 Å². The van der Waals surface area contributed by atoms with E-state index < -0.39 is 10.0 Å². The number of unbranched alkanes of at least 4 members (excludes halogenated alkanes) is 1. The summed E-state index contributed by atoms with van der Waals surface area (Å²) in [6, 6.07) is 0.